The summed E-state index contributed by atoms with van der Waals surface area (Å²) in [5.74, 6) is 0.642. The summed E-state index contributed by atoms with van der Waals surface area (Å²) in [4.78, 5) is 0. The Morgan fingerprint density at radius 2 is 1.84 bits per heavy atom. The van der Waals surface area contributed by atoms with Crippen molar-refractivity contribution in [3.63, 3.8) is 0 Å². The van der Waals surface area contributed by atoms with E-state index in [-0.39, 0.29) is 6.61 Å². The average molecular weight is 402 g/mol. The molecule has 1 N–H and O–H groups in total. The van der Waals surface area contributed by atoms with E-state index in [4.69, 9.17) is 9.26 Å². The third-order valence-electron chi connectivity index (χ3n) is 4.06. The maximum absolute atomic E-state index is 9.83. The average Bonchev–Trinajstić information content (AvgIpc) is 3.02. The van der Waals surface area contributed by atoms with Crippen molar-refractivity contribution in [2.24, 2.45) is 0 Å². The lowest BCUT2D eigenvalue weighted by molar-refractivity contribution is 0.0131. The number of benzene rings is 2. The molecule has 0 amide bonds. The van der Waals surface area contributed by atoms with E-state index in [2.05, 4.69) is 33.2 Å². The maximum atomic E-state index is 9.83. The van der Waals surface area contributed by atoms with Crippen LogP contribution in [0.5, 0.6) is 0 Å². The monoisotopic (exact) mass is 401 g/mol. The minimum absolute atomic E-state index is 0.125. The van der Waals surface area contributed by atoms with Gasteiger partial charge in [0.2, 0.25) is 0 Å². The van der Waals surface area contributed by atoms with Crippen molar-refractivity contribution in [3.05, 3.63) is 75.9 Å². The highest BCUT2D eigenvalue weighted by Crippen LogP contribution is 2.33. The summed E-state index contributed by atoms with van der Waals surface area (Å²) in [5.41, 5.74) is 3.65. The summed E-state index contributed by atoms with van der Waals surface area (Å²) in [6.45, 7) is 2.25. The van der Waals surface area contributed by atoms with Gasteiger partial charge in [0, 0.05) is 10.0 Å². The van der Waals surface area contributed by atoms with E-state index in [1.54, 1.807) is 0 Å². The molecular weight excluding hydrogens is 382 g/mol. The van der Waals surface area contributed by atoms with E-state index in [1.165, 1.54) is 5.56 Å². The van der Waals surface area contributed by atoms with Crippen LogP contribution >= 0.6 is 15.9 Å². The molecule has 1 unspecified atom stereocenters. The Kier molecular flexibility index (Phi) is 6.02. The van der Waals surface area contributed by atoms with E-state index in [0.29, 0.717) is 12.4 Å². The number of nitrogens with zero attached hydrogens (tertiary/aromatic N) is 1. The fourth-order valence-corrected chi connectivity index (χ4v) is 3.02. The molecule has 25 heavy (non-hydrogen) atoms. The van der Waals surface area contributed by atoms with Crippen LogP contribution in [0.2, 0.25) is 0 Å². The Labute approximate surface area is 155 Å². The molecule has 0 aliphatic carbocycles. The van der Waals surface area contributed by atoms with Crippen molar-refractivity contribution in [1.29, 1.82) is 0 Å². The first-order chi connectivity index (χ1) is 12.2. The molecule has 0 radical (unpaired) electrons. The topological polar surface area (TPSA) is 55.5 Å². The van der Waals surface area contributed by atoms with Gasteiger partial charge in [-0.1, -0.05) is 63.6 Å². The van der Waals surface area contributed by atoms with Crippen LogP contribution in [0.1, 0.15) is 22.9 Å². The summed E-state index contributed by atoms with van der Waals surface area (Å²) in [6.07, 6.45) is 0.323. The first kappa shape index (κ1) is 17.9. The fraction of sp³-hybridized carbons (Fsp3) is 0.250. The van der Waals surface area contributed by atoms with Crippen LogP contribution in [0.15, 0.2) is 63.6 Å². The number of aliphatic hydroxyl groups is 1. The number of halogens is 1. The van der Waals surface area contributed by atoms with Gasteiger partial charge in [0.25, 0.3) is 0 Å². The van der Waals surface area contributed by atoms with Gasteiger partial charge in [-0.3, -0.25) is 0 Å². The van der Waals surface area contributed by atoms with Crippen molar-refractivity contribution in [2.75, 3.05) is 13.2 Å². The molecule has 0 aliphatic heterocycles. The molecule has 0 bridgehead atoms. The van der Waals surface area contributed by atoms with Gasteiger partial charge in [0.15, 0.2) is 5.76 Å². The largest absolute Gasteiger partial charge is 0.393 e. The minimum Gasteiger partial charge on any atom is -0.393 e. The normalized spacial score (nSPS) is 12.3. The molecule has 0 saturated carbocycles. The summed E-state index contributed by atoms with van der Waals surface area (Å²) >= 11 is 3.43. The number of aromatic nitrogens is 1. The molecule has 0 spiro atoms. The summed E-state index contributed by atoms with van der Waals surface area (Å²) in [7, 11) is 0. The van der Waals surface area contributed by atoms with Crippen molar-refractivity contribution >= 4 is 15.9 Å². The molecule has 2 aromatic carbocycles. The molecule has 0 fully saturated rings. The quantitative estimate of drug-likeness (QED) is 0.622. The molecule has 4 nitrogen and oxygen atoms in total. The van der Waals surface area contributed by atoms with Crippen molar-refractivity contribution in [1.82, 2.24) is 5.16 Å². The third-order valence-corrected chi connectivity index (χ3v) is 4.58. The Hall–Kier alpha value is -1.95. The van der Waals surface area contributed by atoms with Crippen molar-refractivity contribution < 1.29 is 14.4 Å². The smallest absolute Gasteiger partial charge is 0.173 e. The predicted octanol–water partition coefficient (Wildman–Crippen LogP) is 4.71. The van der Waals surface area contributed by atoms with Crippen LogP contribution < -0.4 is 0 Å². The molecule has 0 aliphatic rings. The molecule has 3 rings (SSSR count). The van der Waals surface area contributed by atoms with Crippen molar-refractivity contribution in [3.8, 4) is 11.3 Å². The highest BCUT2D eigenvalue weighted by molar-refractivity contribution is 9.10. The predicted molar refractivity (Wildman–Crippen MR) is 100 cm³/mol. The zero-order valence-corrected chi connectivity index (χ0v) is 15.6. The van der Waals surface area contributed by atoms with Gasteiger partial charge < -0.3 is 14.4 Å². The standard InChI is InChI=1S/C20H20BrNO3/c1-14-19(20(25-22-14)16-7-9-17(21)10-8-16)18(13-23)24-12-11-15-5-3-2-4-6-15/h2-10,18,23H,11-13H2,1H3. The number of aliphatic hydroxyl groups excluding tert-OH is 1. The lowest BCUT2D eigenvalue weighted by Crippen LogP contribution is -2.12. The first-order valence-corrected chi connectivity index (χ1v) is 8.97. The lowest BCUT2D eigenvalue weighted by Gasteiger charge is -2.16. The van der Waals surface area contributed by atoms with Crippen LogP contribution in [0.3, 0.4) is 0 Å². The van der Waals surface area contributed by atoms with Crippen LogP contribution in [0.4, 0.5) is 0 Å². The minimum atomic E-state index is -0.464. The molecule has 130 valence electrons. The fourth-order valence-electron chi connectivity index (χ4n) is 2.76. The van der Waals surface area contributed by atoms with E-state index in [9.17, 15) is 5.11 Å². The van der Waals surface area contributed by atoms with Gasteiger partial charge in [-0.05, 0) is 31.0 Å². The molecule has 1 heterocycles. The SMILES string of the molecule is Cc1noc(-c2ccc(Br)cc2)c1C(CO)OCCc1ccccc1. The number of ether oxygens (including phenoxy) is 1. The van der Waals surface area contributed by atoms with E-state index < -0.39 is 6.10 Å². The van der Waals surface area contributed by atoms with Crippen LogP contribution in [0.25, 0.3) is 11.3 Å². The molecular formula is C20H20BrNO3. The molecule has 0 saturated heterocycles. The van der Waals surface area contributed by atoms with Crippen LogP contribution in [-0.2, 0) is 11.2 Å². The Bertz CT molecular complexity index is 800. The first-order valence-electron chi connectivity index (χ1n) is 8.17. The zero-order chi connectivity index (χ0) is 17.6. The number of hydrogen-bond donors (Lipinski definition) is 1. The zero-order valence-electron chi connectivity index (χ0n) is 14.0. The second-order valence-electron chi connectivity index (χ2n) is 5.80. The molecule has 1 atom stereocenters. The molecule has 5 heteroatoms. The second-order valence-corrected chi connectivity index (χ2v) is 6.71. The van der Waals surface area contributed by atoms with Crippen molar-refractivity contribution in [2.45, 2.75) is 19.4 Å². The van der Waals surface area contributed by atoms with E-state index >= 15 is 0 Å². The van der Waals surface area contributed by atoms with Gasteiger partial charge >= 0.3 is 0 Å². The van der Waals surface area contributed by atoms with Gasteiger partial charge in [-0.25, -0.2) is 0 Å². The second kappa shape index (κ2) is 8.43. The van der Waals surface area contributed by atoms with E-state index in [1.807, 2.05) is 49.4 Å². The third kappa shape index (κ3) is 4.37. The van der Waals surface area contributed by atoms with Crippen LogP contribution in [0, 0.1) is 6.92 Å². The number of aryl methyl sites for hydroxylation is 1. The maximum Gasteiger partial charge on any atom is 0.173 e. The highest BCUT2D eigenvalue weighted by atomic mass is 79.9. The summed E-state index contributed by atoms with van der Waals surface area (Å²) < 4.78 is 12.5. The highest BCUT2D eigenvalue weighted by Gasteiger charge is 2.24. The van der Waals surface area contributed by atoms with E-state index in [0.717, 1.165) is 27.7 Å². The lowest BCUT2D eigenvalue weighted by atomic mass is 10.0. The number of rotatable bonds is 7. The van der Waals surface area contributed by atoms with Gasteiger partial charge in [-0.2, -0.15) is 0 Å². The molecule has 1 aromatic heterocycles. The van der Waals surface area contributed by atoms with Gasteiger partial charge in [0.1, 0.15) is 6.10 Å². The summed E-state index contributed by atoms with van der Waals surface area (Å²) in [6, 6.07) is 17.9. The van der Waals surface area contributed by atoms with Crippen LogP contribution in [-0.4, -0.2) is 23.5 Å². The Morgan fingerprint density at radius 3 is 2.52 bits per heavy atom. The summed E-state index contributed by atoms with van der Waals surface area (Å²) in [5, 5.41) is 13.9. The number of hydrogen-bond acceptors (Lipinski definition) is 4. The van der Waals surface area contributed by atoms with Gasteiger partial charge in [-0.15, -0.1) is 0 Å². The molecule has 3 aromatic rings. The van der Waals surface area contributed by atoms with Gasteiger partial charge in [0.05, 0.1) is 24.5 Å². The Balaban J connectivity index is 1.76. The Morgan fingerprint density at radius 1 is 1.12 bits per heavy atom.